The van der Waals surface area contributed by atoms with Gasteiger partial charge < -0.3 is 5.32 Å². The van der Waals surface area contributed by atoms with Crippen LogP contribution in [0.2, 0.25) is 0 Å². The Morgan fingerprint density at radius 3 is 2.56 bits per heavy atom. The summed E-state index contributed by atoms with van der Waals surface area (Å²) in [6, 6.07) is 9.61. The molecule has 0 fully saturated rings. The second-order valence-electron chi connectivity index (χ2n) is 6.10. The Bertz CT molecular complexity index is 989. The van der Waals surface area contributed by atoms with Gasteiger partial charge in [-0.1, -0.05) is 37.3 Å². The zero-order valence-corrected chi connectivity index (χ0v) is 15.6. The smallest absolute Gasteiger partial charge is 0.282 e. The lowest BCUT2D eigenvalue weighted by Gasteiger charge is -2.16. The van der Waals surface area contributed by atoms with Crippen molar-refractivity contribution >= 4 is 27.9 Å². The van der Waals surface area contributed by atoms with Crippen LogP contribution >= 0.6 is 11.3 Å². The van der Waals surface area contributed by atoms with E-state index in [1.807, 2.05) is 51.1 Å². The molecular weight excluding hydrogens is 334 g/mol. The Morgan fingerprint density at radius 2 is 1.92 bits per heavy atom. The molecule has 1 amide bonds. The normalized spacial score (nSPS) is 12.3. The van der Waals surface area contributed by atoms with Gasteiger partial charge in [-0.25, -0.2) is 4.98 Å². The highest BCUT2D eigenvalue weighted by Crippen LogP contribution is 2.23. The minimum atomic E-state index is -0.300. The number of aromatic nitrogens is 2. The van der Waals surface area contributed by atoms with Crippen LogP contribution in [0, 0.1) is 20.8 Å². The van der Waals surface area contributed by atoms with E-state index in [1.165, 1.54) is 11.3 Å². The van der Waals surface area contributed by atoms with Gasteiger partial charge in [0.25, 0.3) is 5.56 Å². The van der Waals surface area contributed by atoms with Gasteiger partial charge in [-0.15, -0.1) is 11.3 Å². The van der Waals surface area contributed by atoms with Crippen LogP contribution < -0.4 is 10.9 Å². The summed E-state index contributed by atoms with van der Waals surface area (Å²) >= 11 is 1.48. The Balaban J connectivity index is 2.01. The highest BCUT2D eigenvalue weighted by Gasteiger charge is 2.22. The lowest BCUT2D eigenvalue weighted by molar-refractivity contribution is -0.117. The van der Waals surface area contributed by atoms with E-state index in [2.05, 4.69) is 10.3 Å². The summed E-state index contributed by atoms with van der Waals surface area (Å²) in [7, 11) is 0. The van der Waals surface area contributed by atoms with E-state index < -0.39 is 0 Å². The number of carbonyl (C=O) groups is 1. The standard InChI is InChI=1S/C19H21N3O2S/c1-5-15(14-9-7-6-8-10-14)17(23)21-16-11(2)20-19-22(18(16)24)12(3)13(4)25-19/h6-10,15H,5H2,1-4H3,(H,21,23). The number of aryl methyl sites for hydroxylation is 3. The average molecular weight is 355 g/mol. The van der Waals surface area contributed by atoms with Crippen molar-refractivity contribution in [2.75, 3.05) is 5.32 Å². The first-order valence-corrected chi connectivity index (χ1v) is 9.10. The van der Waals surface area contributed by atoms with Crippen molar-refractivity contribution < 1.29 is 4.79 Å². The van der Waals surface area contributed by atoms with Crippen LogP contribution in [0.4, 0.5) is 5.69 Å². The number of anilines is 1. The number of hydrogen-bond acceptors (Lipinski definition) is 4. The van der Waals surface area contributed by atoms with Crippen LogP contribution in [0.5, 0.6) is 0 Å². The second-order valence-corrected chi connectivity index (χ2v) is 7.28. The number of fused-ring (bicyclic) bond motifs is 1. The molecule has 3 rings (SSSR count). The van der Waals surface area contributed by atoms with E-state index in [1.54, 1.807) is 11.3 Å². The molecule has 0 radical (unpaired) electrons. The maximum absolute atomic E-state index is 12.9. The maximum Gasteiger partial charge on any atom is 0.282 e. The molecule has 0 aliphatic rings. The molecule has 0 saturated heterocycles. The molecule has 0 bridgehead atoms. The van der Waals surface area contributed by atoms with E-state index in [0.29, 0.717) is 17.1 Å². The first kappa shape index (κ1) is 17.4. The molecule has 2 aromatic heterocycles. The number of benzene rings is 1. The summed E-state index contributed by atoms with van der Waals surface area (Å²) < 4.78 is 1.58. The largest absolute Gasteiger partial charge is 0.319 e. The van der Waals surface area contributed by atoms with E-state index in [-0.39, 0.29) is 23.1 Å². The summed E-state index contributed by atoms with van der Waals surface area (Å²) in [6.45, 7) is 7.57. The van der Waals surface area contributed by atoms with Crippen molar-refractivity contribution in [3.8, 4) is 0 Å². The Kier molecular flexibility index (Phi) is 4.72. The van der Waals surface area contributed by atoms with Crippen molar-refractivity contribution in [3.05, 3.63) is 62.5 Å². The highest BCUT2D eigenvalue weighted by molar-refractivity contribution is 7.17. The van der Waals surface area contributed by atoms with Gasteiger partial charge in [0.05, 0.1) is 11.6 Å². The van der Waals surface area contributed by atoms with Crippen LogP contribution in [-0.4, -0.2) is 15.3 Å². The van der Waals surface area contributed by atoms with Crippen molar-refractivity contribution in [1.29, 1.82) is 0 Å². The number of thiazole rings is 1. The first-order valence-electron chi connectivity index (χ1n) is 8.29. The molecule has 1 N–H and O–H groups in total. The fourth-order valence-electron chi connectivity index (χ4n) is 2.95. The predicted molar refractivity (Wildman–Crippen MR) is 102 cm³/mol. The first-order chi connectivity index (χ1) is 11.9. The van der Waals surface area contributed by atoms with Crippen molar-refractivity contribution in [3.63, 3.8) is 0 Å². The Hall–Kier alpha value is -2.47. The highest BCUT2D eigenvalue weighted by atomic mass is 32.1. The molecule has 5 nitrogen and oxygen atoms in total. The third-order valence-corrected chi connectivity index (χ3v) is 5.56. The molecule has 1 atom stereocenters. The van der Waals surface area contributed by atoms with Gasteiger partial charge in [0.1, 0.15) is 5.69 Å². The van der Waals surface area contributed by atoms with Crippen LogP contribution in [0.3, 0.4) is 0 Å². The number of amides is 1. The third-order valence-electron chi connectivity index (χ3n) is 4.50. The Labute approximate surface area is 150 Å². The van der Waals surface area contributed by atoms with Crippen molar-refractivity contribution in [2.45, 2.75) is 40.0 Å². The van der Waals surface area contributed by atoms with Gasteiger partial charge >= 0.3 is 0 Å². The molecule has 0 aliphatic carbocycles. The summed E-state index contributed by atoms with van der Waals surface area (Å²) in [4.78, 5) is 31.9. The fourth-order valence-corrected chi connectivity index (χ4v) is 3.95. The zero-order valence-electron chi connectivity index (χ0n) is 14.8. The average Bonchev–Trinajstić information content (AvgIpc) is 2.87. The molecule has 6 heteroatoms. The van der Waals surface area contributed by atoms with Gasteiger partial charge in [-0.3, -0.25) is 14.0 Å². The van der Waals surface area contributed by atoms with Gasteiger partial charge in [0, 0.05) is 10.6 Å². The minimum absolute atomic E-state index is 0.180. The second kappa shape index (κ2) is 6.80. The number of hydrogen-bond donors (Lipinski definition) is 1. The van der Waals surface area contributed by atoms with E-state index >= 15 is 0 Å². The van der Waals surface area contributed by atoms with Crippen LogP contribution in [0.1, 0.15) is 41.1 Å². The summed E-state index contributed by atoms with van der Waals surface area (Å²) in [5.74, 6) is -0.480. The number of nitrogens with zero attached hydrogens (tertiary/aromatic N) is 2. The number of nitrogens with one attached hydrogen (secondary N) is 1. The third kappa shape index (κ3) is 3.09. The van der Waals surface area contributed by atoms with E-state index in [4.69, 9.17) is 0 Å². The molecule has 130 valence electrons. The van der Waals surface area contributed by atoms with Crippen molar-refractivity contribution in [1.82, 2.24) is 9.38 Å². The zero-order chi connectivity index (χ0) is 18.1. The van der Waals surface area contributed by atoms with Crippen LogP contribution in [-0.2, 0) is 4.79 Å². The molecule has 25 heavy (non-hydrogen) atoms. The predicted octanol–water partition coefficient (Wildman–Crippen LogP) is 3.81. The maximum atomic E-state index is 12.9. The van der Waals surface area contributed by atoms with E-state index in [9.17, 15) is 9.59 Å². The van der Waals surface area contributed by atoms with Crippen LogP contribution in [0.25, 0.3) is 4.96 Å². The summed E-state index contributed by atoms with van der Waals surface area (Å²) in [5.41, 5.74) is 2.39. The molecule has 0 spiro atoms. The summed E-state index contributed by atoms with van der Waals surface area (Å²) in [6.07, 6.45) is 0.655. The lowest BCUT2D eigenvalue weighted by atomic mass is 9.95. The molecule has 1 aromatic carbocycles. The lowest BCUT2D eigenvalue weighted by Crippen LogP contribution is -2.28. The molecule has 0 saturated carbocycles. The number of carbonyl (C=O) groups excluding carboxylic acids is 1. The minimum Gasteiger partial charge on any atom is -0.319 e. The Morgan fingerprint density at radius 1 is 1.24 bits per heavy atom. The molecular formula is C19H21N3O2S. The molecule has 2 heterocycles. The monoisotopic (exact) mass is 355 g/mol. The quantitative estimate of drug-likeness (QED) is 0.774. The van der Waals surface area contributed by atoms with Gasteiger partial charge in [-0.05, 0) is 32.8 Å². The topological polar surface area (TPSA) is 63.5 Å². The SMILES string of the molecule is CCC(C(=O)Nc1c(C)nc2sc(C)c(C)n2c1=O)c1ccccc1. The molecule has 1 unspecified atom stereocenters. The van der Waals surface area contributed by atoms with Crippen molar-refractivity contribution in [2.24, 2.45) is 0 Å². The van der Waals surface area contributed by atoms with Crippen LogP contribution in [0.15, 0.2) is 35.1 Å². The summed E-state index contributed by atoms with van der Waals surface area (Å²) in [5, 5.41) is 2.83. The number of rotatable bonds is 4. The molecule has 0 aliphatic heterocycles. The molecule has 3 aromatic rings. The van der Waals surface area contributed by atoms with E-state index in [0.717, 1.165) is 16.1 Å². The van der Waals surface area contributed by atoms with Gasteiger partial charge in [0.15, 0.2) is 4.96 Å². The van der Waals surface area contributed by atoms with Gasteiger partial charge in [0.2, 0.25) is 5.91 Å². The fraction of sp³-hybridized carbons (Fsp3) is 0.316. The van der Waals surface area contributed by atoms with Gasteiger partial charge in [-0.2, -0.15) is 0 Å².